The molecule has 4 rings (SSSR count). The number of hydrazine groups is 1. The van der Waals surface area contributed by atoms with Gasteiger partial charge in [0.2, 0.25) is 0 Å². The molecule has 0 aliphatic carbocycles. The maximum absolute atomic E-state index is 12.5. The quantitative estimate of drug-likeness (QED) is 0.531. The molecule has 29 heavy (non-hydrogen) atoms. The molecule has 0 saturated carbocycles. The fourth-order valence-electron chi connectivity index (χ4n) is 3.31. The topological polar surface area (TPSA) is 93.1 Å². The van der Waals surface area contributed by atoms with Crippen molar-refractivity contribution < 1.29 is 9.59 Å². The fraction of sp³-hybridized carbons (Fsp3) is 0.182. The Morgan fingerprint density at radius 3 is 2.69 bits per heavy atom. The van der Waals surface area contributed by atoms with E-state index in [9.17, 15) is 14.4 Å². The van der Waals surface area contributed by atoms with E-state index in [0.717, 1.165) is 29.8 Å². The maximum atomic E-state index is 12.5. The Bertz CT molecular complexity index is 1190. The van der Waals surface area contributed by atoms with Crippen LogP contribution in [0.3, 0.4) is 0 Å². The lowest BCUT2D eigenvalue weighted by Gasteiger charge is -2.08. The normalized spacial score (nSPS) is 12.9. The molecule has 7 nitrogen and oxygen atoms in total. The monoisotopic (exact) mass is 388 g/mol. The zero-order valence-corrected chi connectivity index (χ0v) is 15.9. The molecule has 3 aromatic rings. The first-order valence-electron chi connectivity index (χ1n) is 9.40. The number of nitrogens with one attached hydrogen (secondary N) is 2. The van der Waals surface area contributed by atoms with Crippen molar-refractivity contribution in [1.29, 1.82) is 0 Å². The Morgan fingerprint density at radius 2 is 1.90 bits per heavy atom. The first-order chi connectivity index (χ1) is 14.0. The molecule has 0 fully saturated rings. The highest BCUT2D eigenvalue weighted by Gasteiger charge is 2.17. The molecule has 2 N–H and O–H groups in total. The lowest BCUT2D eigenvalue weighted by molar-refractivity contribution is -0.117. The summed E-state index contributed by atoms with van der Waals surface area (Å²) in [6.07, 6.45) is 4.66. The highest BCUT2D eigenvalue weighted by molar-refractivity contribution is 6.00. The molecule has 2 heterocycles. The van der Waals surface area contributed by atoms with E-state index < -0.39 is 11.8 Å². The smallest absolute Gasteiger partial charge is 0.269 e. The van der Waals surface area contributed by atoms with Gasteiger partial charge in [0.05, 0.1) is 10.9 Å². The highest BCUT2D eigenvalue weighted by atomic mass is 16.2. The van der Waals surface area contributed by atoms with Gasteiger partial charge >= 0.3 is 0 Å². The molecule has 0 bridgehead atoms. The molecule has 1 aromatic heterocycles. The summed E-state index contributed by atoms with van der Waals surface area (Å²) in [5.41, 5.74) is 7.47. The molecule has 2 aromatic carbocycles. The number of aromatic nitrogens is 2. The number of aryl methyl sites for hydroxylation is 2. The second-order valence-electron chi connectivity index (χ2n) is 7.01. The van der Waals surface area contributed by atoms with Gasteiger partial charge in [0.25, 0.3) is 17.4 Å². The van der Waals surface area contributed by atoms with Crippen LogP contribution in [0.15, 0.2) is 53.3 Å². The van der Waals surface area contributed by atoms with Crippen LogP contribution in [0.25, 0.3) is 17.0 Å². The van der Waals surface area contributed by atoms with Crippen LogP contribution < -0.4 is 16.4 Å². The predicted octanol–water partition coefficient (Wildman–Crippen LogP) is 2.13. The van der Waals surface area contributed by atoms with Gasteiger partial charge in [0.15, 0.2) is 0 Å². The highest BCUT2D eigenvalue weighted by Crippen LogP contribution is 2.16. The minimum absolute atomic E-state index is 0.0796. The molecule has 0 unspecified atom stereocenters. The van der Waals surface area contributed by atoms with E-state index in [1.165, 1.54) is 6.08 Å². The Labute approximate surface area is 167 Å². The predicted molar refractivity (Wildman–Crippen MR) is 110 cm³/mol. The van der Waals surface area contributed by atoms with Crippen molar-refractivity contribution in [3.8, 4) is 0 Å². The van der Waals surface area contributed by atoms with E-state index in [0.29, 0.717) is 23.0 Å². The first kappa shape index (κ1) is 18.6. The third-order valence-corrected chi connectivity index (χ3v) is 4.88. The van der Waals surface area contributed by atoms with Gasteiger partial charge in [0.1, 0.15) is 5.82 Å². The second-order valence-corrected chi connectivity index (χ2v) is 7.01. The van der Waals surface area contributed by atoms with Gasteiger partial charge in [-0.05, 0) is 43.2 Å². The van der Waals surface area contributed by atoms with E-state index in [1.54, 1.807) is 28.8 Å². The van der Waals surface area contributed by atoms with Crippen LogP contribution in [-0.4, -0.2) is 21.4 Å². The van der Waals surface area contributed by atoms with Gasteiger partial charge < -0.3 is 0 Å². The number of hydrogen-bond donors (Lipinski definition) is 2. The third kappa shape index (κ3) is 3.94. The summed E-state index contributed by atoms with van der Waals surface area (Å²) in [7, 11) is 0. The molecular weight excluding hydrogens is 368 g/mol. The molecule has 0 saturated heterocycles. The first-order valence-corrected chi connectivity index (χ1v) is 9.40. The lowest BCUT2D eigenvalue weighted by Crippen LogP contribution is -2.40. The Morgan fingerprint density at radius 1 is 1.10 bits per heavy atom. The SMILES string of the molecule is Cc1ccc(/C=C/C(=O)NNC(=O)c2ccc3c(=O)n4c(nc3c2)CCC4)cc1. The van der Waals surface area contributed by atoms with Crippen molar-refractivity contribution >= 4 is 28.8 Å². The molecule has 0 atom stereocenters. The molecule has 1 aliphatic heterocycles. The number of amides is 2. The molecule has 0 spiro atoms. The lowest BCUT2D eigenvalue weighted by atomic mass is 10.1. The Kier molecular flexibility index (Phi) is 4.95. The summed E-state index contributed by atoms with van der Waals surface area (Å²) in [4.78, 5) is 41.3. The minimum atomic E-state index is -0.480. The summed E-state index contributed by atoms with van der Waals surface area (Å²) in [6.45, 7) is 2.67. The van der Waals surface area contributed by atoms with Crippen LogP contribution >= 0.6 is 0 Å². The van der Waals surface area contributed by atoms with Gasteiger partial charge in [-0.2, -0.15) is 0 Å². The van der Waals surface area contributed by atoms with Crippen LogP contribution in [0.5, 0.6) is 0 Å². The van der Waals surface area contributed by atoms with Gasteiger partial charge in [0, 0.05) is 24.6 Å². The molecule has 1 aliphatic rings. The number of rotatable bonds is 3. The van der Waals surface area contributed by atoms with Crippen molar-refractivity contribution in [2.45, 2.75) is 26.3 Å². The van der Waals surface area contributed by atoms with Crippen LogP contribution in [0.1, 0.15) is 33.7 Å². The van der Waals surface area contributed by atoms with Crippen LogP contribution in [0, 0.1) is 6.92 Å². The van der Waals surface area contributed by atoms with E-state index >= 15 is 0 Å². The van der Waals surface area contributed by atoms with Crippen molar-refractivity contribution in [2.24, 2.45) is 0 Å². The fourth-order valence-corrected chi connectivity index (χ4v) is 3.31. The van der Waals surface area contributed by atoms with Gasteiger partial charge in [-0.15, -0.1) is 0 Å². The van der Waals surface area contributed by atoms with E-state index in [1.807, 2.05) is 31.2 Å². The summed E-state index contributed by atoms with van der Waals surface area (Å²) in [5, 5.41) is 0.484. The number of carbonyl (C=O) groups excluding carboxylic acids is 2. The standard InChI is InChI=1S/C22H20N4O3/c1-14-4-6-15(7-5-14)8-11-20(27)24-25-21(28)16-9-10-17-18(13-16)23-19-3-2-12-26(19)22(17)29/h4-11,13H,2-3,12H2,1H3,(H,24,27)(H,25,28)/b11-8+. The zero-order chi connectivity index (χ0) is 20.4. The molecule has 7 heteroatoms. The number of nitrogens with zero attached hydrogens (tertiary/aromatic N) is 2. The van der Waals surface area contributed by atoms with Crippen LogP contribution in [-0.2, 0) is 17.8 Å². The van der Waals surface area contributed by atoms with Gasteiger partial charge in [-0.25, -0.2) is 4.98 Å². The Balaban J connectivity index is 1.43. The zero-order valence-electron chi connectivity index (χ0n) is 15.9. The van der Waals surface area contributed by atoms with Gasteiger partial charge in [-0.1, -0.05) is 29.8 Å². The van der Waals surface area contributed by atoms with Crippen LogP contribution in [0.4, 0.5) is 0 Å². The number of hydrogen-bond acceptors (Lipinski definition) is 4. The largest absolute Gasteiger partial charge is 0.296 e. The van der Waals surface area contributed by atoms with Crippen molar-refractivity contribution in [3.63, 3.8) is 0 Å². The van der Waals surface area contributed by atoms with Gasteiger partial charge in [-0.3, -0.25) is 29.8 Å². The van der Waals surface area contributed by atoms with Crippen molar-refractivity contribution in [1.82, 2.24) is 20.4 Å². The Hall–Kier alpha value is -3.74. The minimum Gasteiger partial charge on any atom is -0.296 e. The average Bonchev–Trinajstić information content (AvgIpc) is 3.20. The summed E-state index contributed by atoms with van der Waals surface area (Å²) in [6, 6.07) is 12.4. The molecular formula is C22H20N4O3. The maximum Gasteiger partial charge on any atom is 0.269 e. The third-order valence-electron chi connectivity index (χ3n) is 4.88. The number of carbonyl (C=O) groups is 2. The van der Waals surface area contributed by atoms with Crippen molar-refractivity contribution in [2.75, 3.05) is 0 Å². The van der Waals surface area contributed by atoms with Crippen molar-refractivity contribution in [3.05, 3.63) is 81.4 Å². The molecule has 2 amide bonds. The van der Waals surface area contributed by atoms with Crippen LogP contribution in [0.2, 0.25) is 0 Å². The molecule has 0 radical (unpaired) electrons. The second kappa shape index (κ2) is 7.71. The average molecular weight is 388 g/mol. The van der Waals surface area contributed by atoms with E-state index in [2.05, 4.69) is 15.8 Å². The summed E-state index contributed by atoms with van der Waals surface area (Å²) < 4.78 is 1.68. The summed E-state index contributed by atoms with van der Waals surface area (Å²) >= 11 is 0. The van der Waals surface area contributed by atoms with E-state index in [4.69, 9.17) is 0 Å². The number of benzene rings is 2. The molecule has 146 valence electrons. The number of fused-ring (bicyclic) bond motifs is 2. The van der Waals surface area contributed by atoms with E-state index in [-0.39, 0.29) is 5.56 Å². The summed E-state index contributed by atoms with van der Waals surface area (Å²) in [5.74, 6) is -0.185.